The van der Waals surface area contributed by atoms with Crippen LogP contribution in [0.2, 0.25) is 0 Å². The molecule has 0 saturated carbocycles. The molecule has 2 unspecified atom stereocenters. The molecule has 1 saturated heterocycles. The van der Waals surface area contributed by atoms with Crippen LogP contribution in [0, 0.1) is 0 Å². The molecule has 1 aromatic carbocycles. The number of aliphatic hydroxyl groups excluding tert-OH is 1. The van der Waals surface area contributed by atoms with E-state index in [-0.39, 0.29) is 5.75 Å². The fourth-order valence-corrected chi connectivity index (χ4v) is 3.93. The van der Waals surface area contributed by atoms with Crippen molar-refractivity contribution in [2.45, 2.75) is 43.7 Å². The van der Waals surface area contributed by atoms with E-state index in [4.69, 9.17) is 21.6 Å². The lowest BCUT2D eigenvalue weighted by Crippen LogP contribution is -2.46. The first-order chi connectivity index (χ1) is 12.6. The Morgan fingerprint density at radius 2 is 2.07 bits per heavy atom. The molecule has 1 aliphatic heterocycles. The standard InChI is InChI=1S/C16H23BNO8P/c1-10(14(20)23-3)18-27(22,26-11-7-5-4-6-8-11)24-9-12-13(19)16(2,21)15(17)25-12/h4-8,10,12-13,15,19,21H,9H2,1-3H3,(H,18,22)/t10-,12-,13-,15?,16-,27?/m1/s1. The van der Waals surface area contributed by atoms with Crippen LogP contribution in [-0.2, 0) is 23.4 Å². The molecule has 0 spiro atoms. The normalized spacial score (nSPS) is 31.1. The molecule has 148 valence electrons. The lowest BCUT2D eigenvalue weighted by atomic mass is 9.82. The van der Waals surface area contributed by atoms with Gasteiger partial charge in [0.15, 0.2) is 0 Å². The molecule has 0 amide bonds. The van der Waals surface area contributed by atoms with E-state index in [2.05, 4.69) is 9.82 Å². The fourth-order valence-electron chi connectivity index (χ4n) is 2.42. The van der Waals surface area contributed by atoms with Crippen LogP contribution < -0.4 is 9.61 Å². The van der Waals surface area contributed by atoms with Crippen molar-refractivity contribution >= 4 is 21.6 Å². The first kappa shape index (κ1) is 21.9. The molecule has 1 aliphatic rings. The topological polar surface area (TPSA) is 124 Å². The van der Waals surface area contributed by atoms with Gasteiger partial charge >= 0.3 is 13.7 Å². The maximum atomic E-state index is 13.1. The summed E-state index contributed by atoms with van der Waals surface area (Å²) >= 11 is 0. The van der Waals surface area contributed by atoms with E-state index >= 15 is 0 Å². The second-order valence-electron chi connectivity index (χ2n) is 6.34. The summed E-state index contributed by atoms with van der Waals surface area (Å²) in [7, 11) is 2.75. The van der Waals surface area contributed by atoms with Gasteiger partial charge in [-0.3, -0.25) is 9.32 Å². The SMILES string of the molecule is [B]C1O[C@H](COP(=O)(N[C@H](C)C(=O)OC)Oc2ccccc2)[C@@H](O)[C@@]1(C)O. The van der Waals surface area contributed by atoms with E-state index in [1.807, 2.05) is 0 Å². The maximum Gasteiger partial charge on any atom is 0.459 e. The summed E-state index contributed by atoms with van der Waals surface area (Å²) < 4.78 is 33.8. The van der Waals surface area contributed by atoms with Crippen LogP contribution in [0.25, 0.3) is 0 Å². The molecule has 0 bridgehead atoms. The third-order valence-corrected chi connectivity index (χ3v) is 5.78. The summed E-state index contributed by atoms with van der Waals surface area (Å²) in [6.07, 6.45) is -2.41. The van der Waals surface area contributed by atoms with Crippen LogP contribution in [0.4, 0.5) is 0 Å². The van der Waals surface area contributed by atoms with Gasteiger partial charge in [0.05, 0.1) is 13.7 Å². The molecule has 1 aromatic rings. The molecule has 3 N–H and O–H groups in total. The number of para-hydroxylation sites is 1. The van der Waals surface area contributed by atoms with Crippen molar-refractivity contribution in [3.63, 3.8) is 0 Å². The van der Waals surface area contributed by atoms with E-state index in [0.29, 0.717) is 0 Å². The first-order valence-electron chi connectivity index (χ1n) is 8.25. The molecular formula is C16H23BNO8P. The van der Waals surface area contributed by atoms with E-state index < -0.39 is 50.2 Å². The van der Waals surface area contributed by atoms with Gasteiger partial charge in [-0.2, -0.15) is 5.09 Å². The molecular weight excluding hydrogens is 376 g/mol. The minimum atomic E-state index is -4.07. The summed E-state index contributed by atoms with van der Waals surface area (Å²) in [5, 5.41) is 22.7. The van der Waals surface area contributed by atoms with Gasteiger partial charge in [-0.15, -0.1) is 0 Å². The zero-order chi connectivity index (χ0) is 20.2. The first-order valence-corrected chi connectivity index (χ1v) is 9.79. The third-order valence-electron chi connectivity index (χ3n) is 4.13. The highest BCUT2D eigenvalue weighted by molar-refractivity contribution is 7.52. The van der Waals surface area contributed by atoms with Gasteiger partial charge in [-0.05, 0) is 26.0 Å². The molecule has 2 radical (unpaired) electrons. The zero-order valence-electron chi connectivity index (χ0n) is 15.3. The Hall–Kier alpha value is -1.42. The van der Waals surface area contributed by atoms with E-state index in [9.17, 15) is 19.6 Å². The maximum absolute atomic E-state index is 13.1. The summed E-state index contributed by atoms with van der Waals surface area (Å²) in [6.45, 7) is 2.34. The number of methoxy groups -OCH3 is 1. The fraction of sp³-hybridized carbons (Fsp3) is 0.562. The van der Waals surface area contributed by atoms with Gasteiger partial charge in [0.2, 0.25) is 0 Å². The van der Waals surface area contributed by atoms with Gasteiger partial charge in [0.25, 0.3) is 0 Å². The average Bonchev–Trinajstić information content (AvgIpc) is 2.82. The van der Waals surface area contributed by atoms with Gasteiger partial charge in [0, 0.05) is 6.00 Å². The number of aliphatic hydroxyl groups is 2. The molecule has 1 fully saturated rings. The van der Waals surface area contributed by atoms with Crippen LogP contribution in [0.1, 0.15) is 13.8 Å². The second kappa shape index (κ2) is 8.73. The van der Waals surface area contributed by atoms with Crippen molar-refractivity contribution in [3.05, 3.63) is 30.3 Å². The molecule has 0 aliphatic carbocycles. The molecule has 11 heteroatoms. The van der Waals surface area contributed by atoms with Crippen molar-refractivity contribution < 1.29 is 38.1 Å². The number of rotatable bonds is 8. The van der Waals surface area contributed by atoms with Crippen LogP contribution in [-0.4, -0.2) is 67.6 Å². The summed E-state index contributed by atoms with van der Waals surface area (Å²) in [4.78, 5) is 11.7. The van der Waals surface area contributed by atoms with Gasteiger partial charge in [0.1, 0.15) is 37.4 Å². The van der Waals surface area contributed by atoms with Crippen LogP contribution in [0.3, 0.4) is 0 Å². The number of hydrogen-bond donors (Lipinski definition) is 3. The van der Waals surface area contributed by atoms with E-state index in [1.54, 1.807) is 30.3 Å². The van der Waals surface area contributed by atoms with Crippen LogP contribution >= 0.6 is 7.75 Å². The Kier molecular flexibility index (Phi) is 7.07. The minimum absolute atomic E-state index is 0.238. The average molecular weight is 399 g/mol. The Morgan fingerprint density at radius 1 is 1.44 bits per heavy atom. The van der Waals surface area contributed by atoms with E-state index in [1.165, 1.54) is 21.0 Å². The number of benzene rings is 1. The summed E-state index contributed by atoms with van der Waals surface area (Å²) in [5.74, 6) is -0.431. The second-order valence-corrected chi connectivity index (χ2v) is 8.03. The highest BCUT2D eigenvalue weighted by Crippen LogP contribution is 2.45. The largest absolute Gasteiger partial charge is 0.468 e. The Balaban J connectivity index is 2.12. The molecule has 1 heterocycles. The molecule has 2 rings (SSSR count). The highest BCUT2D eigenvalue weighted by atomic mass is 31.2. The van der Waals surface area contributed by atoms with Crippen LogP contribution in [0.5, 0.6) is 5.75 Å². The molecule has 6 atom stereocenters. The number of esters is 1. The minimum Gasteiger partial charge on any atom is -0.468 e. The third kappa shape index (κ3) is 5.31. The van der Waals surface area contributed by atoms with E-state index in [0.717, 1.165) is 0 Å². The summed E-state index contributed by atoms with van der Waals surface area (Å²) in [5.41, 5.74) is -1.69. The number of carbonyl (C=O) groups excluding carboxylic acids is 1. The number of ether oxygens (including phenoxy) is 2. The highest BCUT2D eigenvalue weighted by Gasteiger charge is 2.50. The Labute approximate surface area is 158 Å². The van der Waals surface area contributed by atoms with Crippen molar-refractivity contribution in [1.82, 2.24) is 5.09 Å². The number of carbonyl (C=O) groups is 1. The lowest BCUT2D eigenvalue weighted by Gasteiger charge is -2.26. The van der Waals surface area contributed by atoms with Gasteiger partial charge in [-0.25, -0.2) is 4.57 Å². The predicted molar refractivity (Wildman–Crippen MR) is 96.3 cm³/mol. The lowest BCUT2D eigenvalue weighted by molar-refractivity contribution is -0.142. The molecule has 9 nitrogen and oxygen atoms in total. The van der Waals surface area contributed by atoms with Crippen molar-refractivity contribution in [3.8, 4) is 5.75 Å². The Morgan fingerprint density at radius 3 is 2.59 bits per heavy atom. The molecule has 27 heavy (non-hydrogen) atoms. The zero-order valence-corrected chi connectivity index (χ0v) is 16.2. The van der Waals surface area contributed by atoms with Crippen molar-refractivity contribution in [1.29, 1.82) is 0 Å². The number of nitrogens with one attached hydrogen (secondary N) is 1. The van der Waals surface area contributed by atoms with Crippen LogP contribution in [0.15, 0.2) is 30.3 Å². The predicted octanol–water partition coefficient (Wildman–Crippen LogP) is 0.346. The smallest absolute Gasteiger partial charge is 0.459 e. The number of hydrogen-bond acceptors (Lipinski definition) is 8. The van der Waals surface area contributed by atoms with Gasteiger partial charge < -0.3 is 24.2 Å². The quantitative estimate of drug-likeness (QED) is 0.323. The van der Waals surface area contributed by atoms with Crippen molar-refractivity contribution in [2.24, 2.45) is 0 Å². The van der Waals surface area contributed by atoms with Crippen molar-refractivity contribution in [2.75, 3.05) is 13.7 Å². The molecule has 0 aromatic heterocycles. The van der Waals surface area contributed by atoms with Gasteiger partial charge in [-0.1, -0.05) is 18.2 Å². The Bertz CT molecular complexity index is 688. The monoisotopic (exact) mass is 399 g/mol. The summed E-state index contributed by atoms with van der Waals surface area (Å²) in [6, 6.07) is 6.06.